The van der Waals surface area contributed by atoms with Crippen molar-refractivity contribution in [1.29, 1.82) is 0 Å². The van der Waals surface area contributed by atoms with E-state index in [0.29, 0.717) is 29.0 Å². The Morgan fingerprint density at radius 1 is 1.19 bits per heavy atom. The molecule has 3 rings (SSSR count). The van der Waals surface area contributed by atoms with Gasteiger partial charge in [0.2, 0.25) is 0 Å². The van der Waals surface area contributed by atoms with Crippen LogP contribution in [0.4, 0.5) is 13.2 Å². The van der Waals surface area contributed by atoms with Gasteiger partial charge in [-0.05, 0) is 42.7 Å². The smallest absolute Gasteiger partial charge is 0.406 e. The summed E-state index contributed by atoms with van der Waals surface area (Å²) in [4.78, 5) is 21.0. The summed E-state index contributed by atoms with van der Waals surface area (Å²) in [5.41, 5.74) is 1.03. The molecule has 2 heterocycles. The number of ether oxygens (including phenoxy) is 1. The van der Waals surface area contributed by atoms with E-state index in [-0.39, 0.29) is 23.1 Å². The van der Waals surface area contributed by atoms with Crippen molar-refractivity contribution in [2.24, 2.45) is 5.92 Å². The Morgan fingerprint density at radius 2 is 1.88 bits per heavy atom. The molecule has 0 aliphatic heterocycles. The number of hydrogen-bond acceptors (Lipinski definition) is 7. The highest BCUT2D eigenvalue weighted by molar-refractivity contribution is 7.98. The van der Waals surface area contributed by atoms with Crippen LogP contribution in [0.15, 0.2) is 47.9 Å². The van der Waals surface area contributed by atoms with E-state index in [1.807, 2.05) is 0 Å². The number of hydrogen-bond donors (Lipinski definition) is 1. The van der Waals surface area contributed by atoms with Crippen molar-refractivity contribution in [2.75, 3.05) is 6.54 Å². The molecule has 170 valence electrons. The zero-order valence-corrected chi connectivity index (χ0v) is 18.2. The van der Waals surface area contributed by atoms with Crippen LogP contribution in [-0.4, -0.2) is 43.8 Å². The number of carbonyl (C=O) groups is 1. The van der Waals surface area contributed by atoms with Gasteiger partial charge in [0.25, 0.3) is 5.91 Å². The lowest BCUT2D eigenvalue weighted by atomic mass is 10.1. The zero-order valence-electron chi connectivity index (χ0n) is 17.3. The van der Waals surface area contributed by atoms with Crippen molar-refractivity contribution in [3.63, 3.8) is 0 Å². The van der Waals surface area contributed by atoms with Crippen LogP contribution in [0, 0.1) is 5.92 Å². The summed E-state index contributed by atoms with van der Waals surface area (Å²) in [5.74, 6) is -0.0427. The average Bonchev–Trinajstić information content (AvgIpc) is 3.16. The molecular weight excluding hydrogens is 445 g/mol. The lowest BCUT2D eigenvalue weighted by Gasteiger charge is -2.11. The van der Waals surface area contributed by atoms with Crippen molar-refractivity contribution >= 4 is 17.7 Å². The van der Waals surface area contributed by atoms with Gasteiger partial charge < -0.3 is 10.1 Å². The molecule has 2 aromatic heterocycles. The molecule has 32 heavy (non-hydrogen) atoms. The second kappa shape index (κ2) is 10.4. The first-order valence-electron chi connectivity index (χ1n) is 9.71. The number of nitrogens with zero attached hydrogens (tertiary/aromatic N) is 5. The molecule has 0 spiro atoms. The van der Waals surface area contributed by atoms with E-state index < -0.39 is 6.36 Å². The van der Waals surface area contributed by atoms with Gasteiger partial charge in [0, 0.05) is 24.7 Å². The third kappa shape index (κ3) is 6.67. The van der Waals surface area contributed by atoms with Crippen LogP contribution in [0.3, 0.4) is 0 Å². The summed E-state index contributed by atoms with van der Waals surface area (Å²) in [6, 6.07) is 6.84. The Bertz CT molecular complexity index is 1030. The zero-order chi connectivity index (χ0) is 23.1. The van der Waals surface area contributed by atoms with Crippen LogP contribution in [0.2, 0.25) is 0 Å². The molecule has 0 radical (unpaired) electrons. The molecule has 0 aliphatic rings. The van der Waals surface area contributed by atoms with E-state index in [1.165, 1.54) is 40.7 Å². The minimum atomic E-state index is -4.78. The average molecular weight is 466 g/mol. The maximum atomic E-state index is 12.7. The molecule has 0 saturated heterocycles. The van der Waals surface area contributed by atoms with Gasteiger partial charge in [0.1, 0.15) is 5.75 Å². The van der Waals surface area contributed by atoms with Gasteiger partial charge in [-0.2, -0.15) is 0 Å². The number of nitrogens with one attached hydrogen (secondary N) is 1. The second-order valence-electron chi connectivity index (χ2n) is 7.10. The van der Waals surface area contributed by atoms with Gasteiger partial charge >= 0.3 is 6.36 Å². The van der Waals surface area contributed by atoms with Gasteiger partial charge in [-0.15, -0.1) is 18.3 Å². The SMILES string of the molecule is CC(C)CCNC(=O)c1nnn(-c2ccc(OC(F)(F)F)cc2)c1CSc1ncccn1. The molecule has 12 heteroatoms. The summed E-state index contributed by atoms with van der Waals surface area (Å²) in [6.45, 7) is 4.59. The van der Waals surface area contributed by atoms with E-state index >= 15 is 0 Å². The predicted molar refractivity (Wildman–Crippen MR) is 111 cm³/mol. The van der Waals surface area contributed by atoms with E-state index in [1.54, 1.807) is 18.5 Å². The van der Waals surface area contributed by atoms with Crippen LogP contribution >= 0.6 is 11.8 Å². The second-order valence-corrected chi connectivity index (χ2v) is 8.04. The number of carbonyl (C=O) groups excluding carboxylic acids is 1. The molecule has 1 N–H and O–H groups in total. The van der Waals surface area contributed by atoms with Gasteiger partial charge in [0.15, 0.2) is 10.9 Å². The maximum Gasteiger partial charge on any atom is 0.573 e. The van der Waals surface area contributed by atoms with Crippen molar-refractivity contribution < 1.29 is 22.7 Å². The molecular formula is C20H21F3N6O2S. The summed E-state index contributed by atoms with van der Waals surface area (Å²) in [7, 11) is 0. The van der Waals surface area contributed by atoms with E-state index in [4.69, 9.17) is 0 Å². The summed E-state index contributed by atoms with van der Waals surface area (Å²) in [6.07, 6.45) is -0.774. The van der Waals surface area contributed by atoms with Gasteiger partial charge in [-0.25, -0.2) is 14.6 Å². The van der Waals surface area contributed by atoms with Crippen LogP contribution in [0.1, 0.15) is 36.5 Å². The molecule has 0 atom stereocenters. The molecule has 0 fully saturated rings. The molecule has 1 aromatic carbocycles. The lowest BCUT2D eigenvalue weighted by molar-refractivity contribution is -0.274. The minimum absolute atomic E-state index is 0.132. The number of aromatic nitrogens is 5. The van der Waals surface area contributed by atoms with Crippen LogP contribution in [0.5, 0.6) is 5.75 Å². The van der Waals surface area contributed by atoms with Crippen LogP contribution in [0.25, 0.3) is 5.69 Å². The molecule has 3 aromatic rings. The third-order valence-electron chi connectivity index (χ3n) is 4.18. The predicted octanol–water partition coefficient (Wildman–Crippen LogP) is 4.02. The van der Waals surface area contributed by atoms with Crippen LogP contribution in [-0.2, 0) is 5.75 Å². The first kappa shape index (κ1) is 23.5. The quantitative estimate of drug-likeness (QED) is 0.376. The van der Waals surface area contributed by atoms with Crippen molar-refractivity contribution in [3.8, 4) is 11.4 Å². The first-order valence-corrected chi connectivity index (χ1v) is 10.7. The van der Waals surface area contributed by atoms with Crippen LogP contribution < -0.4 is 10.1 Å². The number of thioether (sulfide) groups is 1. The minimum Gasteiger partial charge on any atom is -0.406 e. The highest BCUT2D eigenvalue weighted by Crippen LogP contribution is 2.26. The summed E-state index contributed by atoms with van der Waals surface area (Å²) < 4.78 is 42.6. The van der Waals surface area contributed by atoms with Gasteiger partial charge in [-0.3, -0.25) is 4.79 Å². The Hall–Kier alpha value is -3.15. The fourth-order valence-electron chi connectivity index (χ4n) is 2.65. The number of rotatable bonds is 9. The van der Waals surface area contributed by atoms with E-state index in [9.17, 15) is 18.0 Å². The van der Waals surface area contributed by atoms with Gasteiger partial charge in [0.05, 0.1) is 11.4 Å². The van der Waals surface area contributed by atoms with Crippen molar-refractivity contribution in [3.05, 3.63) is 54.1 Å². The fourth-order valence-corrected chi connectivity index (χ4v) is 3.45. The monoisotopic (exact) mass is 466 g/mol. The highest BCUT2D eigenvalue weighted by atomic mass is 32.2. The Labute approximate surface area is 186 Å². The fraction of sp³-hybridized carbons (Fsp3) is 0.350. The van der Waals surface area contributed by atoms with Gasteiger partial charge in [-0.1, -0.05) is 30.8 Å². The Morgan fingerprint density at radius 3 is 2.50 bits per heavy atom. The molecule has 0 bridgehead atoms. The molecule has 0 saturated carbocycles. The number of amides is 1. The van der Waals surface area contributed by atoms with Crippen molar-refractivity contribution in [1.82, 2.24) is 30.3 Å². The summed E-state index contributed by atoms with van der Waals surface area (Å²) in [5, 5.41) is 11.4. The highest BCUT2D eigenvalue weighted by Gasteiger charge is 2.31. The standard InChI is InChI=1S/C20H21F3N6O2S/c1-13(2)8-11-24-18(30)17-16(12-32-19-25-9-3-10-26-19)29(28-27-17)14-4-6-15(7-5-14)31-20(21,22)23/h3-7,9-10,13H,8,11-12H2,1-2H3,(H,24,30). The molecule has 0 unspecified atom stereocenters. The van der Waals surface area contributed by atoms with E-state index in [2.05, 4.69) is 44.2 Å². The number of benzene rings is 1. The normalized spacial score (nSPS) is 11.6. The molecule has 8 nitrogen and oxygen atoms in total. The summed E-state index contributed by atoms with van der Waals surface area (Å²) >= 11 is 1.28. The molecule has 1 amide bonds. The molecule has 0 aliphatic carbocycles. The van der Waals surface area contributed by atoms with E-state index in [0.717, 1.165) is 6.42 Å². The first-order chi connectivity index (χ1) is 15.2. The maximum absolute atomic E-state index is 12.7. The number of halogens is 3. The lowest BCUT2D eigenvalue weighted by Crippen LogP contribution is -2.26. The Kier molecular flexibility index (Phi) is 7.67. The number of alkyl halides is 3. The largest absolute Gasteiger partial charge is 0.573 e. The topological polar surface area (TPSA) is 94.8 Å². The Balaban J connectivity index is 1.85. The van der Waals surface area contributed by atoms with Crippen molar-refractivity contribution in [2.45, 2.75) is 37.5 Å². The third-order valence-corrected chi connectivity index (χ3v) is 5.07.